The lowest BCUT2D eigenvalue weighted by molar-refractivity contribution is -0.138. The number of rotatable bonds is 5. The molecule has 1 aromatic heterocycles. The SMILES string of the molecule is CCC(C)N(CC(=O)O)C(=O)c1cn(C)cn1. The summed E-state index contributed by atoms with van der Waals surface area (Å²) in [6, 6.07) is -0.124. The summed E-state index contributed by atoms with van der Waals surface area (Å²) < 4.78 is 1.66. The van der Waals surface area contributed by atoms with E-state index in [0.29, 0.717) is 6.42 Å². The van der Waals surface area contributed by atoms with Crippen LogP contribution in [-0.2, 0) is 11.8 Å². The molecule has 17 heavy (non-hydrogen) atoms. The minimum atomic E-state index is -1.02. The Morgan fingerprint density at radius 3 is 2.65 bits per heavy atom. The predicted octanol–water partition coefficient (Wildman–Crippen LogP) is 0.745. The minimum Gasteiger partial charge on any atom is -0.480 e. The fraction of sp³-hybridized carbons (Fsp3) is 0.545. The van der Waals surface area contributed by atoms with Crippen LogP contribution in [0.15, 0.2) is 12.5 Å². The summed E-state index contributed by atoms with van der Waals surface area (Å²) in [5, 5.41) is 8.81. The Kier molecular flexibility index (Phi) is 4.25. The molecule has 1 rings (SSSR count). The number of carboxylic acids is 1. The first kappa shape index (κ1) is 13.2. The van der Waals surface area contributed by atoms with Gasteiger partial charge in [0.15, 0.2) is 0 Å². The Labute approximate surface area is 99.9 Å². The molecule has 1 aromatic rings. The van der Waals surface area contributed by atoms with Crippen LogP contribution in [0.4, 0.5) is 0 Å². The second-order valence-electron chi connectivity index (χ2n) is 4.01. The highest BCUT2D eigenvalue weighted by atomic mass is 16.4. The molecular weight excluding hydrogens is 222 g/mol. The van der Waals surface area contributed by atoms with Gasteiger partial charge in [0.1, 0.15) is 12.2 Å². The van der Waals surface area contributed by atoms with E-state index < -0.39 is 5.97 Å². The van der Waals surface area contributed by atoms with Gasteiger partial charge in [-0.1, -0.05) is 6.92 Å². The van der Waals surface area contributed by atoms with Gasteiger partial charge >= 0.3 is 5.97 Å². The summed E-state index contributed by atoms with van der Waals surface area (Å²) in [7, 11) is 1.76. The van der Waals surface area contributed by atoms with Crippen molar-refractivity contribution in [1.29, 1.82) is 0 Å². The van der Waals surface area contributed by atoms with E-state index in [1.165, 1.54) is 11.2 Å². The molecule has 6 heteroatoms. The lowest BCUT2D eigenvalue weighted by atomic mass is 10.2. The zero-order chi connectivity index (χ0) is 13.0. The van der Waals surface area contributed by atoms with Crippen molar-refractivity contribution >= 4 is 11.9 Å². The lowest BCUT2D eigenvalue weighted by Crippen LogP contribution is -2.42. The highest BCUT2D eigenvalue weighted by Gasteiger charge is 2.24. The number of carbonyl (C=O) groups is 2. The van der Waals surface area contributed by atoms with E-state index in [1.54, 1.807) is 17.8 Å². The van der Waals surface area contributed by atoms with E-state index >= 15 is 0 Å². The van der Waals surface area contributed by atoms with E-state index in [1.807, 2.05) is 13.8 Å². The molecule has 0 aliphatic heterocycles. The smallest absolute Gasteiger partial charge is 0.323 e. The fourth-order valence-electron chi connectivity index (χ4n) is 1.46. The monoisotopic (exact) mass is 239 g/mol. The van der Waals surface area contributed by atoms with E-state index in [4.69, 9.17) is 5.11 Å². The number of aliphatic carboxylic acids is 1. The average molecular weight is 239 g/mol. The number of aryl methyl sites for hydroxylation is 1. The van der Waals surface area contributed by atoms with Crippen LogP contribution < -0.4 is 0 Å². The maximum atomic E-state index is 12.1. The predicted molar refractivity (Wildman–Crippen MR) is 61.6 cm³/mol. The molecule has 1 unspecified atom stereocenters. The van der Waals surface area contributed by atoms with Crippen LogP contribution in [0.3, 0.4) is 0 Å². The molecule has 6 nitrogen and oxygen atoms in total. The summed E-state index contributed by atoms with van der Waals surface area (Å²) in [5.74, 6) is -1.36. The molecule has 0 saturated heterocycles. The van der Waals surface area contributed by atoms with Gasteiger partial charge in [-0.05, 0) is 13.3 Å². The van der Waals surface area contributed by atoms with Gasteiger partial charge in [-0.25, -0.2) is 4.98 Å². The Hall–Kier alpha value is -1.85. The Morgan fingerprint density at radius 2 is 2.24 bits per heavy atom. The van der Waals surface area contributed by atoms with E-state index in [9.17, 15) is 9.59 Å². The van der Waals surface area contributed by atoms with Crippen LogP contribution in [0.5, 0.6) is 0 Å². The van der Waals surface area contributed by atoms with Crippen LogP contribution >= 0.6 is 0 Å². The number of carbonyl (C=O) groups excluding carboxylic acids is 1. The highest BCUT2D eigenvalue weighted by Crippen LogP contribution is 2.09. The van der Waals surface area contributed by atoms with E-state index in [2.05, 4.69) is 4.98 Å². The topological polar surface area (TPSA) is 75.4 Å². The second kappa shape index (κ2) is 5.47. The van der Waals surface area contributed by atoms with Crippen molar-refractivity contribution in [2.24, 2.45) is 7.05 Å². The third kappa shape index (κ3) is 3.30. The normalized spacial score (nSPS) is 12.2. The maximum absolute atomic E-state index is 12.1. The number of imidazole rings is 1. The van der Waals surface area contributed by atoms with Gasteiger partial charge in [-0.15, -0.1) is 0 Å². The Balaban J connectivity index is 2.89. The molecule has 0 aliphatic rings. The summed E-state index contributed by atoms with van der Waals surface area (Å²) in [5.41, 5.74) is 0.272. The van der Waals surface area contributed by atoms with Crippen LogP contribution in [0.2, 0.25) is 0 Å². The maximum Gasteiger partial charge on any atom is 0.323 e. The summed E-state index contributed by atoms with van der Waals surface area (Å²) in [6.07, 6.45) is 3.80. The number of carboxylic acid groups (broad SMARTS) is 1. The standard InChI is InChI=1S/C11H17N3O3/c1-4-8(2)14(6-10(15)16)11(17)9-5-13(3)7-12-9/h5,7-8H,4,6H2,1-3H3,(H,15,16). The molecule has 1 atom stereocenters. The van der Waals surface area contributed by atoms with Crippen molar-refractivity contribution in [2.75, 3.05) is 6.54 Å². The van der Waals surface area contributed by atoms with E-state index in [-0.39, 0.29) is 24.2 Å². The van der Waals surface area contributed by atoms with Crippen LogP contribution in [0.1, 0.15) is 30.8 Å². The van der Waals surface area contributed by atoms with Crippen molar-refractivity contribution < 1.29 is 14.7 Å². The Bertz CT molecular complexity index is 414. The molecule has 0 saturated carbocycles. The zero-order valence-electron chi connectivity index (χ0n) is 10.3. The first-order valence-corrected chi connectivity index (χ1v) is 5.46. The summed E-state index contributed by atoms with van der Waals surface area (Å²) >= 11 is 0. The van der Waals surface area contributed by atoms with Gasteiger partial charge in [0.05, 0.1) is 6.33 Å². The van der Waals surface area contributed by atoms with Gasteiger partial charge in [-0.3, -0.25) is 9.59 Å². The molecule has 0 aliphatic carbocycles. The van der Waals surface area contributed by atoms with Gasteiger partial charge in [0.25, 0.3) is 5.91 Å². The fourth-order valence-corrected chi connectivity index (χ4v) is 1.46. The highest BCUT2D eigenvalue weighted by molar-refractivity contribution is 5.94. The lowest BCUT2D eigenvalue weighted by Gasteiger charge is -2.26. The zero-order valence-corrected chi connectivity index (χ0v) is 10.3. The molecule has 0 aromatic carbocycles. The van der Waals surface area contributed by atoms with Gasteiger partial charge in [0, 0.05) is 19.3 Å². The molecule has 1 N–H and O–H groups in total. The number of nitrogens with zero attached hydrogens (tertiary/aromatic N) is 3. The third-order valence-electron chi connectivity index (χ3n) is 2.61. The first-order valence-electron chi connectivity index (χ1n) is 5.46. The van der Waals surface area contributed by atoms with Crippen LogP contribution in [0, 0.1) is 0 Å². The summed E-state index contributed by atoms with van der Waals surface area (Å²) in [4.78, 5) is 28.1. The minimum absolute atomic E-state index is 0.124. The second-order valence-corrected chi connectivity index (χ2v) is 4.01. The first-order chi connectivity index (χ1) is 7.95. The van der Waals surface area contributed by atoms with Crippen LogP contribution in [0.25, 0.3) is 0 Å². The summed E-state index contributed by atoms with van der Waals surface area (Å²) in [6.45, 7) is 3.43. The molecule has 1 heterocycles. The van der Waals surface area contributed by atoms with Crippen molar-refractivity contribution in [3.8, 4) is 0 Å². The van der Waals surface area contributed by atoms with Gasteiger partial charge in [0.2, 0.25) is 0 Å². The van der Waals surface area contributed by atoms with Crippen LogP contribution in [-0.4, -0.2) is 44.0 Å². The van der Waals surface area contributed by atoms with Crippen molar-refractivity contribution in [3.05, 3.63) is 18.2 Å². The number of hydrogen-bond donors (Lipinski definition) is 1. The van der Waals surface area contributed by atoms with Gasteiger partial charge < -0.3 is 14.6 Å². The quantitative estimate of drug-likeness (QED) is 0.822. The van der Waals surface area contributed by atoms with Crippen molar-refractivity contribution in [2.45, 2.75) is 26.3 Å². The molecule has 1 amide bonds. The molecule has 0 spiro atoms. The largest absolute Gasteiger partial charge is 0.480 e. The van der Waals surface area contributed by atoms with Crippen molar-refractivity contribution in [1.82, 2.24) is 14.5 Å². The molecule has 0 fully saturated rings. The van der Waals surface area contributed by atoms with Crippen molar-refractivity contribution in [3.63, 3.8) is 0 Å². The molecule has 94 valence electrons. The number of aromatic nitrogens is 2. The molecular formula is C11H17N3O3. The molecule has 0 radical (unpaired) electrons. The van der Waals surface area contributed by atoms with E-state index in [0.717, 1.165) is 0 Å². The Morgan fingerprint density at radius 1 is 1.59 bits per heavy atom. The third-order valence-corrected chi connectivity index (χ3v) is 2.61. The average Bonchev–Trinajstić information content (AvgIpc) is 2.70. The molecule has 0 bridgehead atoms. The van der Waals surface area contributed by atoms with Gasteiger partial charge in [-0.2, -0.15) is 0 Å². The number of hydrogen-bond acceptors (Lipinski definition) is 3. The number of amides is 1.